The number of H-pyrrole nitrogens is 1. The number of nitrogens with one attached hydrogen (secondary N) is 2. The minimum Gasteiger partial charge on any atom is -0.496 e. The zero-order valence-corrected chi connectivity index (χ0v) is 14.2. The van der Waals surface area contributed by atoms with Gasteiger partial charge in [-0.2, -0.15) is 0 Å². The van der Waals surface area contributed by atoms with Crippen molar-refractivity contribution in [1.82, 2.24) is 10.3 Å². The van der Waals surface area contributed by atoms with Gasteiger partial charge in [0.1, 0.15) is 11.4 Å². The molecule has 0 aliphatic heterocycles. The first kappa shape index (κ1) is 17.0. The number of hydrogen-bond acceptors (Lipinski definition) is 3. The molecular weight excluding hydrogens is 316 g/mol. The quantitative estimate of drug-likeness (QED) is 0.620. The molecule has 0 bridgehead atoms. The highest BCUT2D eigenvalue weighted by Crippen LogP contribution is 2.23. The fourth-order valence-electron chi connectivity index (χ4n) is 3.07. The Bertz CT molecular complexity index is 870. The number of aromatic nitrogens is 1. The predicted molar refractivity (Wildman–Crippen MR) is 98.1 cm³/mol. The lowest BCUT2D eigenvalue weighted by Crippen LogP contribution is -2.27. The van der Waals surface area contributed by atoms with Crippen LogP contribution >= 0.6 is 0 Å². The third-order valence-electron chi connectivity index (χ3n) is 4.27. The van der Waals surface area contributed by atoms with E-state index in [4.69, 9.17) is 4.74 Å². The summed E-state index contributed by atoms with van der Waals surface area (Å²) >= 11 is 0. The standard InChI is InChI=1S/C20H22N2O3/c1-25-18-9-5-2-6-14(18)10-12-21-20(24)19-16(11-13-23)15-7-3-4-8-17(15)22-19/h2-9,22-23H,10-13H2,1H3,(H,21,24). The highest BCUT2D eigenvalue weighted by molar-refractivity contribution is 6.01. The Labute approximate surface area is 146 Å². The number of amides is 1. The van der Waals surface area contributed by atoms with Crippen molar-refractivity contribution >= 4 is 16.8 Å². The van der Waals surface area contributed by atoms with Gasteiger partial charge in [0.15, 0.2) is 0 Å². The van der Waals surface area contributed by atoms with E-state index in [2.05, 4.69) is 10.3 Å². The first-order chi connectivity index (χ1) is 12.2. The van der Waals surface area contributed by atoms with E-state index in [9.17, 15) is 9.90 Å². The van der Waals surface area contributed by atoms with Crippen molar-refractivity contribution < 1.29 is 14.6 Å². The zero-order valence-electron chi connectivity index (χ0n) is 14.2. The Hall–Kier alpha value is -2.79. The van der Waals surface area contributed by atoms with E-state index in [-0.39, 0.29) is 12.5 Å². The molecule has 0 unspecified atom stereocenters. The lowest BCUT2D eigenvalue weighted by atomic mass is 10.1. The Morgan fingerprint density at radius 2 is 1.88 bits per heavy atom. The van der Waals surface area contributed by atoms with Crippen molar-refractivity contribution in [3.63, 3.8) is 0 Å². The third kappa shape index (κ3) is 3.67. The first-order valence-corrected chi connectivity index (χ1v) is 8.35. The molecule has 25 heavy (non-hydrogen) atoms. The van der Waals surface area contributed by atoms with Crippen molar-refractivity contribution in [2.45, 2.75) is 12.8 Å². The molecule has 3 N–H and O–H groups in total. The molecule has 0 atom stereocenters. The minimum absolute atomic E-state index is 0.00332. The highest BCUT2D eigenvalue weighted by atomic mass is 16.5. The number of carbonyl (C=O) groups is 1. The lowest BCUT2D eigenvalue weighted by molar-refractivity contribution is 0.0949. The molecule has 1 aromatic heterocycles. The van der Waals surface area contributed by atoms with Crippen LogP contribution in [0.25, 0.3) is 10.9 Å². The maximum Gasteiger partial charge on any atom is 0.268 e. The molecule has 0 spiro atoms. The summed E-state index contributed by atoms with van der Waals surface area (Å²) in [5.74, 6) is 0.665. The number of aliphatic hydroxyl groups excluding tert-OH is 1. The summed E-state index contributed by atoms with van der Waals surface area (Å²) in [6.07, 6.45) is 1.13. The largest absolute Gasteiger partial charge is 0.496 e. The van der Waals surface area contributed by atoms with Gasteiger partial charge in [-0.25, -0.2) is 0 Å². The second-order valence-corrected chi connectivity index (χ2v) is 5.82. The minimum atomic E-state index is -0.158. The number of para-hydroxylation sites is 2. The van der Waals surface area contributed by atoms with Crippen molar-refractivity contribution in [3.05, 3.63) is 65.4 Å². The van der Waals surface area contributed by atoms with Gasteiger partial charge in [-0.1, -0.05) is 36.4 Å². The van der Waals surface area contributed by atoms with E-state index < -0.39 is 0 Å². The van der Waals surface area contributed by atoms with Crippen LogP contribution in [0.15, 0.2) is 48.5 Å². The van der Waals surface area contributed by atoms with Crippen molar-refractivity contribution in [1.29, 1.82) is 0 Å². The Morgan fingerprint density at radius 3 is 2.68 bits per heavy atom. The number of ether oxygens (including phenoxy) is 1. The molecule has 1 heterocycles. The maximum atomic E-state index is 12.6. The Morgan fingerprint density at radius 1 is 1.12 bits per heavy atom. The van der Waals surface area contributed by atoms with Crippen LogP contribution in [-0.4, -0.2) is 36.3 Å². The van der Waals surface area contributed by atoms with Gasteiger partial charge in [0, 0.05) is 24.1 Å². The monoisotopic (exact) mass is 338 g/mol. The van der Waals surface area contributed by atoms with Gasteiger partial charge in [0.05, 0.1) is 7.11 Å². The average Bonchev–Trinajstić information content (AvgIpc) is 3.01. The Kier molecular flexibility index (Phi) is 5.36. The van der Waals surface area contributed by atoms with Crippen LogP contribution in [0.3, 0.4) is 0 Å². The molecule has 0 aliphatic carbocycles. The van der Waals surface area contributed by atoms with E-state index in [1.165, 1.54) is 0 Å². The third-order valence-corrected chi connectivity index (χ3v) is 4.27. The second kappa shape index (κ2) is 7.85. The molecule has 1 amide bonds. The van der Waals surface area contributed by atoms with Crippen LogP contribution in [0.2, 0.25) is 0 Å². The van der Waals surface area contributed by atoms with Crippen LogP contribution < -0.4 is 10.1 Å². The predicted octanol–water partition coefficient (Wildman–Crippen LogP) is 2.68. The number of methoxy groups -OCH3 is 1. The fourth-order valence-corrected chi connectivity index (χ4v) is 3.07. The smallest absolute Gasteiger partial charge is 0.268 e. The van der Waals surface area contributed by atoms with E-state index in [1.54, 1.807) is 7.11 Å². The van der Waals surface area contributed by atoms with Crippen LogP contribution in [0.5, 0.6) is 5.75 Å². The van der Waals surface area contributed by atoms with Gasteiger partial charge in [0.25, 0.3) is 5.91 Å². The molecule has 0 saturated heterocycles. The van der Waals surface area contributed by atoms with Crippen LogP contribution in [-0.2, 0) is 12.8 Å². The molecule has 5 heteroatoms. The molecule has 3 aromatic rings. The number of rotatable bonds is 7. The van der Waals surface area contributed by atoms with Crippen molar-refractivity contribution in [2.75, 3.05) is 20.3 Å². The zero-order chi connectivity index (χ0) is 17.6. The topological polar surface area (TPSA) is 74.3 Å². The van der Waals surface area contributed by atoms with Gasteiger partial charge >= 0.3 is 0 Å². The van der Waals surface area contributed by atoms with Crippen LogP contribution in [0, 0.1) is 0 Å². The Balaban J connectivity index is 1.73. The number of aliphatic hydroxyl groups is 1. The molecule has 2 aromatic carbocycles. The van der Waals surface area contributed by atoms with Crippen molar-refractivity contribution in [3.8, 4) is 5.75 Å². The summed E-state index contributed by atoms with van der Waals surface area (Å²) < 4.78 is 5.33. The SMILES string of the molecule is COc1ccccc1CCNC(=O)c1[nH]c2ccccc2c1CCO. The average molecular weight is 338 g/mol. The number of fused-ring (bicyclic) bond motifs is 1. The lowest BCUT2D eigenvalue weighted by Gasteiger charge is -2.09. The van der Waals surface area contributed by atoms with Gasteiger partial charge in [-0.3, -0.25) is 4.79 Å². The molecule has 0 fully saturated rings. The first-order valence-electron chi connectivity index (χ1n) is 8.35. The molecule has 0 radical (unpaired) electrons. The molecule has 130 valence electrons. The van der Waals surface area contributed by atoms with E-state index >= 15 is 0 Å². The molecule has 0 aliphatic rings. The van der Waals surface area contributed by atoms with Gasteiger partial charge in [0.2, 0.25) is 0 Å². The van der Waals surface area contributed by atoms with Gasteiger partial charge < -0.3 is 20.1 Å². The summed E-state index contributed by atoms with van der Waals surface area (Å²) in [5.41, 5.74) is 3.33. The molecule has 3 rings (SSSR count). The summed E-state index contributed by atoms with van der Waals surface area (Å²) in [6, 6.07) is 15.5. The summed E-state index contributed by atoms with van der Waals surface area (Å²) in [5, 5.41) is 13.3. The van der Waals surface area contributed by atoms with E-state index in [0.29, 0.717) is 25.1 Å². The summed E-state index contributed by atoms with van der Waals surface area (Å²) in [4.78, 5) is 15.8. The van der Waals surface area contributed by atoms with Gasteiger partial charge in [-0.05, 0) is 36.1 Å². The molecule has 0 saturated carbocycles. The fraction of sp³-hybridized carbons (Fsp3) is 0.250. The number of benzene rings is 2. The van der Waals surface area contributed by atoms with E-state index in [1.807, 2.05) is 48.5 Å². The second-order valence-electron chi connectivity index (χ2n) is 5.82. The van der Waals surface area contributed by atoms with Gasteiger partial charge in [-0.15, -0.1) is 0 Å². The maximum absolute atomic E-state index is 12.6. The van der Waals surface area contributed by atoms with Crippen LogP contribution in [0.4, 0.5) is 0 Å². The molecule has 5 nitrogen and oxygen atoms in total. The highest BCUT2D eigenvalue weighted by Gasteiger charge is 2.17. The number of hydrogen-bond donors (Lipinski definition) is 3. The normalized spacial score (nSPS) is 10.8. The summed E-state index contributed by atoms with van der Waals surface area (Å²) in [6.45, 7) is 0.510. The van der Waals surface area contributed by atoms with Crippen molar-refractivity contribution in [2.24, 2.45) is 0 Å². The summed E-state index contributed by atoms with van der Waals surface area (Å²) in [7, 11) is 1.64. The van der Waals surface area contributed by atoms with Crippen LogP contribution in [0.1, 0.15) is 21.6 Å². The number of aromatic amines is 1. The number of carbonyl (C=O) groups excluding carboxylic acids is 1. The van der Waals surface area contributed by atoms with E-state index in [0.717, 1.165) is 27.8 Å². The molecular formula is C20H22N2O3.